The molecule has 3 aromatic rings. The zero-order chi connectivity index (χ0) is 20.3. The number of hydrogen-bond donors (Lipinski definition) is 1. The number of halogens is 5. The monoisotopic (exact) mass is 499 g/mol. The van der Waals surface area contributed by atoms with Gasteiger partial charge in [-0.15, -0.1) is 0 Å². The van der Waals surface area contributed by atoms with Crippen molar-refractivity contribution in [1.29, 1.82) is 0 Å². The Labute approximate surface area is 185 Å². The molecule has 3 rings (SSSR count). The Morgan fingerprint density at radius 1 is 0.964 bits per heavy atom. The third kappa shape index (κ3) is 4.69. The predicted octanol–water partition coefficient (Wildman–Crippen LogP) is 7.28. The number of benzene rings is 3. The van der Waals surface area contributed by atoms with E-state index >= 15 is 0 Å². The largest absolute Gasteiger partial charge is 0.348 e. The van der Waals surface area contributed by atoms with E-state index in [1.165, 1.54) is 6.07 Å². The highest BCUT2D eigenvalue weighted by Gasteiger charge is 2.18. The van der Waals surface area contributed by atoms with Crippen molar-refractivity contribution in [2.45, 2.75) is 11.9 Å². The van der Waals surface area contributed by atoms with Crippen molar-refractivity contribution >= 4 is 56.6 Å². The minimum Gasteiger partial charge on any atom is -0.348 e. The fraction of sp³-hybridized carbons (Fsp3) is 0.0952. The first-order chi connectivity index (χ1) is 13.4. The summed E-state index contributed by atoms with van der Waals surface area (Å²) in [4.78, 5) is 12.7. The summed E-state index contributed by atoms with van der Waals surface area (Å²) in [5.41, 5.74) is 2.47. The molecule has 0 spiro atoms. The minimum atomic E-state index is -0.570. The second-order valence-corrected chi connectivity index (χ2v) is 7.82. The van der Waals surface area contributed by atoms with Gasteiger partial charge >= 0.3 is 0 Å². The number of rotatable bonds is 5. The Bertz CT molecular complexity index is 1040. The molecule has 2 nitrogen and oxygen atoms in total. The molecule has 0 aliphatic carbocycles. The molecule has 1 amide bonds. The van der Waals surface area contributed by atoms with E-state index in [9.17, 15) is 9.18 Å². The molecule has 144 valence electrons. The third-order valence-corrected chi connectivity index (χ3v) is 5.83. The molecule has 0 unspecified atom stereocenters. The van der Waals surface area contributed by atoms with E-state index in [0.29, 0.717) is 26.2 Å². The molecule has 0 aromatic heterocycles. The van der Waals surface area contributed by atoms with Crippen molar-refractivity contribution in [3.63, 3.8) is 0 Å². The molecule has 7 heteroatoms. The molecular formula is C21H14BrCl3FNO. The first-order valence-corrected chi connectivity index (χ1v) is 10.5. The van der Waals surface area contributed by atoms with Crippen LogP contribution in [-0.2, 0) is 11.9 Å². The summed E-state index contributed by atoms with van der Waals surface area (Å²) >= 11 is 21.4. The highest BCUT2D eigenvalue weighted by atomic mass is 79.9. The molecule has 1 N–H and O–H groups in total. The van der Waals surface area contributed by atoms with Gasteiger partial charge in [-0.05, 0) is 47.0 Å². The number of amides is 1. The van der Waals surface area contributed by atoms with Crippen LogP contribution in [0.25, 0.3) is 11.1 Å². The second kappa shape index (κ2) is 9.27. The molecule has 0 aliphatic rings. The number of carbonyl (C=O) groups is 1. The van der Waals surface area contributed by atoms with Gasteiger partial charge in [0.2, 0.25) is 0 Å². The fourth-order valence-corrected chi connectivity index (χ4v) is 3.70. The average Bonchev–Trinajstić information content (AvgIpc) is 2.69. The molecule has 28 heavy (non-hydrogen) atoms. The lowest BCUT2D eigenvalue weighted by Crippen LogP contribution is -2.24. The number of carbonyl (C=O) groups excluding carboxylic acids is 1. The van der Waals surface area contributed by atoms with E-state index in [4.69, 9.17) is 34.8 Å². The van der Waals surface area contributed by atoms with Crippen LogP contribution in [0.2, 0.25) is 15.1 Å². The molecule has 0 heterocycles. The zero-order valence-electron chi connectivity index (χ0n) is 14.4. The lowest BCUT2D eigenvalue weighted by molar-refractivity contribution is 0.0946. The van der Waals surface area contributed by atoms with E-state index in [-0.39, 0.29) is 17.4 Å². The van der Waals surface area contributed by atoms with Crippen LogP contribution in [0.3, 0.4) is 0 Å². The maximum Gasteiger partial charge on any atom is 0.254 e. The Hall–Kier alpha value is -1.59. The molecule has 0 bridgehead atoms. The van der Waals surface area contributed by atoms with Crippen LogP contribution in [0, 0.1) is 5.82 Å². The van der Waals surface area contributed by atoms with Crippen molar-refractivity contribution < 1.29 is 9.18 Å². The van der Waals surface area contributed by atoms with E-state index in [1.54, 1.807) is 30.3 Å². The lowest BCUT2D eigenvalue weighted by atomic mass is 9.99. The van der Waals surface area contributed by atoms with Crippen LogP contribution < -0.4 is 5.32 Å². The molecule has 0 saturated heterocycles. The summed E-state index contributed by atoms with van der Waals surface area (Å²) < 4.78 is 14.8. The summed E-state index contributed by atoms with van der Waals surface area (Å²) in [5.74, 6) is -1.10. The van der Waals surface area contributed by atoms with E-state index in [0.717, 1.165) is 11.1 Å². The highest BCUT2D eigenvalue weighted by Crippen LogP contribution is 2.31. The molecule has 0 saturated carbocycles. The lowest BCUT2D eigenvalue weighted by Gasteiger charge is -2.13. The van der Waals surface area contributed by atoms with Gasteiger partial charge in [0.1, 0.15) is 5.82 Å². The van der Waals surface area contributed by atoms with Crippen molar-refractivity contribution in [3.05, 3.63) is 92.2 Å². The summed E-state index contributed by atoms with van der Waals surface area (Å²) in [5, 5.41) is 4.33. The van der Waals surface area contributed by atoms with Crippen LogP contribution in [0.4, 0.5) is 4.39 Å². The quantitative estimate of drug-likeness (QED) is 0.366. The third-order valence-electron chi connectivity index (χ3n) is 4.16. The van der Waals surface area contributed by atoms with Gasteiger partial charge in [-0.25, -0.2) is 4.39 Å². The average molecular weight is 502 g/mol. The van der Waals surface area contributed by atoms with Crippen molar-refractivity contribution in [2.24, 2.45) is 0 Å². The van der Waals surface area contributed by atoms with Crippen LogP contribution in [0.1, 0.15) is 21.5 Å². The molecule has 0 radical (unpaired) electrons. The van der Waals surface area contributed by atoms with Crippen LogP contribution >= 0.6 is 50.7 Å². The molecule has 3 aromatic carbocycles. The summed E-state index contributed by atoms with van der Waals surface area (Å²) in [6.45, 7) is 0.190. The molecular weight excluding hydrogens is 487 g/mol. The molecule has 0 fully saturated rings. The van der Waals surface area contributed by atoms with E-state index in [1.807, 2.05) is 18.2 Å². The minimum absolute atomic E-state index is 0.0491. The normalized spacial score (nSPS) is 10.8. The summed E-state index contributed by atoms with van der Waals surface area (Å²) in [6, 6.07) is 15.5. The number of nitrogens with one attached hydrogen (secondary N) is 1. The molecule has 0 aliphatic heterocycles. The van der Waals surface area contributed by atoms with Gasteiger partial charge in [0.25, 0.3) is 5.91 Å². The van der Waals surface area contributed by atoms with Gasteiger partial charge in [-0.1, -0.05) is 75.0 Å². The van der Waals surface area contributed by atoms with Crippen LogP contribution in [-0.4, -0.2) is 5.91 Å². The number of hydrogen-bond acceptors (Lipinski definition) is 1. The number of alkyl halides is 1. The standard InChI is InChI=1S/C21H14BrCl3FNO/c22-10-14-8-13(15-3-1-2-4-17(15)23)9-16(20(14)26)21(28)27-11-12-5-6-18(24)19(25)7-12/h1-9H,10-11H2,(H,27,28). The zero-order valence-corrected chi connectivity index (χ0v) is 18.3. The Balaban J connectivity index is 1.91. The smallest absolute Gasteiger partial charge is 0.254 e. The summed E-state index contributed by atoms with van der Waals surface area (Å²) in [7, 11) is 0. The topological polar surface area (TPSA) is 29.1 Å². The first-order valence-electron chi connectivity index (χ1n) is 8.26. The van der Waals surface area contributed by atoms with Crippen LogP contribution in [0.5, 0.6) is 0 Å². The summed E-state index contributed by atoms with van der Waals surface area (Å²) in [6.07, 6.45) is 0. The van der Waals surface area contributed by atoms with E-state index < -0.39 is 11.7 Å². The SMILES string of the molecule is O=C(NCc1ccc(Cl)c(Cl)c1)c1cc(-c2ccccc2Cl)cc(CBr)c1F. The van der Waals surface area contributed by atoms with Gasteiger partial charge in [0.05, 0.1) is 15.6 Å². The van der Waals surface area contributed by atoms with Crippen molar-refractivity contribution in [2.75, 3.05) is 0 Å². The molecule has 0 atom stereocenters. The predicted molar refractivity (Wildman–Crippen MR) is 117 cm³/mol. The second-order valence-electron chi connectivity index (χ2n) is 6.04. The van der Waals surface area contributed by atoms with Gasteiger partial charge in [-0.3, -0.25) is 4.79 Å². The fourth-order valence-electron chi connectivity index (χ4n) is 2.73. The maximum atomic E-state index is 14.8. The van der Waals surface area contributed by atoms with Gasteiger partial charge < -0.3 is 5.32 Å². The first kappa shape index (κ1) is 21.1. The Morgan fingerprint density at radius 3 is 2.39 bits per heavy atom. The van der Waals surface area contributed by atoms with Gasteiger partial charge in [0.15, 0.2) is 0 Å². The van der Waals surface area contributed by atoms with Crippen molar-refractivity contribution in [1.82, 2.24) is 5.32 Å². The van der Waals surface area contributed by atoms with Gasteiger partial charge in [-0.2, -0.15) is 0 Å². The van der Waals surface area contributed by atoms with Gasteiger partial charge in [0, 0.05) is 22.5 Å². The Morgan fingerprint density at radius 2 is 1.71 bits per heavy atom. The maximum absolute atomic E-state index is 14.8. The van der Waals surface area contributed by atoms with Crippen LogP contribution in [0.15, 0.2) is 54.6 Å². The van der Waals surface area contributed by atoms with E-state index in [2.05, 4.69) is 21.2 Å². The Kier molecular flexibility index (Phi) is 7.00. The van der Waals surface area contributed by atoms with Crippen molar-refractivity contribution in [3.8, 4) is 11.1 Å². The highest BCUT2D eigenvalue weighted by molar-refractivity contribution is 9.08.